The third-order valence-corrected chi connectivity index (χ3v) is 3.42. The number of hydrogen-bond donors (Lipinski definition) is 1. The van der Waals surface area contributed by atoms with Gasteiger partial charge in [-0.1, -0.05) is 101 Å². The Morgan fingerprint density at radius 2 is 0.952 bits per heavy atom. The van der Waals surface area contributed by atoms with Gasteiger partial charge < -0.3 is 5.32 Å². The maximum absolute atomic E-state index is 3.37. The molecule has 0 aromatic heterocycles. The minimum Gasteiger partial charge on any atom is -0.314 e. The zero-order valence-electron chi connectivity index (χ0n) is 17.3. The van der Waals surface area contributed by atoms with Crippen LogP contribution in [0, 0.1) is 5.92 Å². The van der Waals surface area contributed by atoms with E-state index < -0.39 is 0 Å². The van der Waals surface area contributed by atoms with Crippen molar-refractivity contribution in [2.75, 3.05) is 6.54 Å². The third-order valence-electron chi connectivity index (χ3n) is 3.42. The molecule has 0 radical (unpaired) electrons. The van der Waals surface area contributed by atoms with Crippen LogP contribution in [0.3, 0.4) is 0 Å². The first-order valence-electron chi connectivity index (χ1n) is 9.78. The highest BCUT2D eigenvalue weighted by Gasteiger charge is 2.16. The Hall–Kier alpha value is -0.0400. The van der Waals surface area contributed by atoms with Crippen LogP contribution < -0.4 is 5.32 Å². The Morgan fingerprint density at radius 3 is 1.00 bits per heavy atom. The van der Waals surface area contributed by atoms with Gasteiger partial charge in [-0.2, -0.15) is 0 Å². The Labute approximate surface area is 138 Å². The Morgan fingerprint density at radius 1 is 0.667 bits per heavy atom. The molecule has 134 valence electrons. The standard InChI is InChI=1S/C6H13N.3C4H10.C2H6/c1-5-3-4-7-6(5)2;3*1-3-4-2;1-2/h5-7H,3-4H2,1-2H3;3*3-4H2,1-2H3;1-2H3/t5-,6-;;;;/m0..../s1. The van der Waals surface area contributed by atoms with Gasteiger partial charge in [0.05, 0.1) is 0 Å². The van der Waals surface area contributed by atoms with E-state index in [-0.39, 0.29) is 0 Å². The maximum Gasteiger partial charge on any atom is 0.00648 e. The van der Waals surface area contributed by atoms with Gasteiger partial charge in [0.15, 0.2) is 0 Å². The molecule has 1 rings (SSSR count). The molecule has 1 fully saturated rings. The van der Waals surface area contributed by atoms with E-state index in [1.54, 1.807) is 0 Å². The van der Waals surface area contributed by atoms with Gasteiger partial charge in [-0.05, 0) is 25.8 Å². The number of nitrogens with one attached hydrogen (secondary N) is 1. The zero-order valence-corrected chi connectivity index (χ0v) is 17.3. The lowest BCUT2D eigenvalue weighted by Crippen LogP contribution is -2.20. The predicted octanol–water partition coefficient (Wildman–Crippen LogP) is 7.45. The molecule has 1 saturated heterocycles. The lowest BCUT2D eigenvalue weighted by Gasteiger charge is -2.05. The molecule has 0 saturated carbocycles. The second-order valence-electron chi connectivity index (χ2n) is 5.51. The van der Waals surface area contributed by atoms with Crippen LogP contribution in [-0.2, 0) is 0 Å². The molecule has 0 bridgehead atoms. The minimum absolute atomic E-state index is 0.764. The van der Waals surface area contributed by atoms with Gasteiger partial charge in [0.2, 0.25) is 0 Å². The van der Waals surface area contributed by atoms with Gasteiger partial charge in [-0.25, -0.2) is 0 Å². The van der Waals surface area contributed by atoms with Gasteiger partial charge in [0, 0.05) is 6.04 Å². The molecule has 0 aromatic carbocycles. The van der Waals surface area contributed by atoms with Crippen LogP contribution in [0.4, 0.5) is 0 Å². The molecular formula is C20H49N. The topological polar surface area (TPSA) is 12.0 Å². The third kappa shape index (κ3) is 38.3. The Bertz CT molecular complexity index is 99.5. The first-order chi connectivity index (χ1) is 10.0. The molecule has 21 heavy (non-hydrogen) atoms. The largest absolute Gasteiger partial charge is 0.314 e. The minimum atomic E-state index is 0.764. The lowest BCUT2D eigenvalue weighted by molar-refractivity contribution is 0.519. The predicted molar refractivity (Wildman–Crippen MR) is 104 cm³/mol. The smallest absolute Gasteiger partial charge is 0.00648 e. The second-order valence-corrected chi connectivity index (χ2v) is 5.51. The fourth-order valence-electron chi connectivity index (χ4n) is 0.990. The monoisotopic (exact) mass is 303 g/mol. The summed E-state index contributed by atoms with van der Waals surface area (Å²) in [6, 6.07) is 0.764. The van der Waals surface area contributed by atoms with Crippen LogP contribution in [0.2, 0.25) is 0 Å². The summed E-state index contributed by atoms with van der Waals surface area (Å²) < 4.78 is 0. The molecule has 0 unspecified atom stereocenters. The molecule has 1 N–H and O–H groups in total. The summed E-state index contributed by atoms with van der Waals surface area (Å²) in [5.74, 6) is 0.903. The molecule has 2 atom stereocenters. The molecule has 1 aliphatic heterocycles. The van der Waals surface area contributed by atoms with Crippen molar-refractivity contribution in [1.82, 2.24) is 5.32 Å². The van der Waals surface area contributed by atoms with Crippen LogP contribution in [0.15, 0.2) is 0 Å². The molecule has 1 aliphatic rings. The normalized spacial score (nSPS) is 18.6. The van der Waals surface area contributed by atoms with Crippen molar-refractivity contribution in [1.29, 1.82) is 0 Å². The lowest BCUT2D eigenvalue weighted by atomic mass is 10.1. The number of unbranched alkanes of at least 4 members (excludes halogenated alkanes) is 3. The summed E-state index contributed by atoms with van der Waals surface area (Å²) in [7, 11) is 0. The molecule has 0 amide bonds. The summed E-state index contributed by atoms with van der Waals surface area (Å²) in [5.41, 5.74) is 0. The average molecular weight is 304 g/mol. The van der Waals surface area contributed by atoms with Crippen molar-refractivity contribution < 1.29 is 0 Å². The fourth-order valence-corrected chi connectivity index (χ4v) is 0.990. The zero-order chi connectivity index (χ0) is 17.5. The van der Waals surface area contributed by atoms with Gasteiger partial charge in [-0.15, -0.1) is 0 Å². The van der Waals surface area contributed by atoms with E-state index in [1.807, 2.05) is 13.8 Å². The summed E-state index contributed by atoms with van der Waals surface area (Å²) in [5, 5.41) is 3.37. The van der Waals surface area contributed by atoms with E-state index in [2.05, 4.69) is 60.7 Å². The van der Waals surface area contributed by atoms with Crippen LogP contribution >= 0.6 is 0 Å². The summed E-state index contributed by atoms with van der Waals surface area (Å²) in [6.45, 7) is 22.9. The van der Waals surface area contributed by atoms with Gasteiger partial charge in [-0.3, -0.25) is 0 Å². The quantitative estimate of drug-likeness (QED) is 0.571. The van der Waals surface area contributed by atoms with E-state index in [0.717, 1.165) is 12.0 Å². The molecule has 0 aliphatic carbocycles. The molecule has 1 heterocycles. The van der Waals surface area contributed by atoms with Crippen LogP contribution in [-0.4, -0.2) is 12.6 Å². The SMILES string of the molecule is CC.CCCC.CCCC.CCCC.C[C@@H]1NCC[C@@H]1C. The summed E-state index contributed by atoms with van der Waals surface area (Å²) in [6.07, 6.45) is 9.28. The van der Waals surface area contributed by atoms with Crippen molar-refractivity contribution in [3.05, 3.63) is 0 Å². The number of rotatable bonds is 3. The molecule has 0 aromatic rings. The van der Waals surface area contributed by atoms with Crippen molar-refractivity contribution >= 4 is 0 Å². The van der Waals surface area contributed by atoms with E-state index >= 15 is 0 Å². The van der Waals surface area contributed by atoms with Crippen LogP contribution in [0.5, 0.6) is 0 Å². The van der Waals surface area contributed by atoms with Crippen molar-refractivity contribution in [2.24, 2.45) is 5.92 Å². The van der Waals surface area contributed by atoms with Gasteiger partial charge >= 0.3 is 0 Å². The van der Waals surface area contributed by atoms with E-state index in [4.69, 9.17) is 0 Å². The van der Waals surface area contributed by atoms with Crippen molar-refractivity contribution in [2.45, 2.75) is 120 Å². The highest BCUT2D eigenvalue weighted by molar-refractivity contribution is 4.75. The first kappa shape index (κ1) is 29.0. The fraction of sp³-hybridized carbons (Fsp3) is 1.00. The maximum atomic E-state index is 3.37. The highest BCUT2D eigenvalue weighted by Crippen LogP contribution is 2.12. The Balaban J connectivity index is -0.0000000920. The van der Waals surface area contributed by atoms with E-state index in [9.17, 15) is 0 Å². The molecule has 1 nitrogen and oxygen atoms in total. The molecule has 0 spiro atoms. The molecule has 1 heteroatoms. The van der Waals surface area contributed by atoms with E-state index in [0.29, 0.717) is 0 Å². The first-order valence-corrected chi connectivity index (χ1v) is 9.78. The second kappa shape index (κ2) is 32.1. The molecular weight excluding hydrogens is 254 g/mol. The number of hydrogen-bond acceptors (Lipinski definition) is 1. The van der Waals surface area contributed by atoms with Crippen molar-refractivity contribution in [3.63, 3.8) is 0 Å². The average Bonchev–Trinajstić information content (AvgIpc) is 2.93. The van der Waals surface area contributed by atoms with Gasteiger partial charge in [0.1, 0.15) is 0 Å². The highest BCUT2D eigenvalue weighted by atomic mass is 14.9. The van der Waals surface area contributed by atoms with Crippen molar-refractivity contribution in [3.8, 4) is 0 Å². The van der Waals surface area contributed by atoms with E-state index in [1.165, 1.54) is 51.5 Å². The van der Waals surface area contributed by atoms with Crippen LogP contribution in [0.25, 0.3) is 0 Å². The summed E-state index contributed by atoms with van der Waals surface area (Å²) >= 11 is 0. The summed E-state index contributed by atoms with van der Waals surface area (Å²) in [4.78, 5) is 0. The van der Waals surface area contributed by atoms with Crippen LogP contribution in [0.1, 0.15) is 114 Å². The van der Waals surface area contributed by atoms with Gasteiger partial charge in [0.25, 0.3) is 0 Å². The Kier molecular flexibility index (Phi) is 44.3.